The van der Waals surface area contributed by atoms with Crippen LogP contribution in [0.5, 0.6) is 0 Å². The molecule has 0 atom stereocenters. The van der Waals surface area contributed by atoms with Crippen LogP contribution in [0.3, 0.4) is 0 Å². The molecule has 0 aromatic rings. The standard InChI is InChI=1S/C11H24N4O2/c12-6-3-1-2-4-7-13-8-5-11(14-9-16)15-10-17/h9-11,13H,1-8,12H2,(H,14,16)(H,15,17). The van der Waals surface area contributed by atoms with E-state index in [0.717, 1.165) is 32.5 Å². The minimum absolute atomic E-state index is 0.283. The Morgan fingerprint density at radius 2 is 1.59 bits per heavy atom. The van der Waals surface area contributed by atoms with Gasteiger partial charge in [0.25, 0.3) is 0 Å². The van der Waals surface area contributed by atoms with Gasteiger partial charge in [-0.25, -0.2) is 0 Å². The maximum Gasteiger partial charge on any atom is 0.208 e. The highest BCUT2D eigenvalue weighted by Crippen LogP contribution is 1.96. The van der Waals surface area contributed by atoms with Gasteiger partial charge >= 0.3 is 0 Å². The van der Waals surface area contributed by atoms with E-state index in [1.165, 1.54) is 12.8 Å². The number of amides is 2. The topological polar surface area (TPSA) is 96.2 Å². The molecule has 2 amide bonds. The Labute approximate surface area is 103 Å². The summed E-state index contributed by atoms with van der Waals surface area (Å²) in [5, 5.41) is 8.32. The molecule has 0 aliphatic rings. The van der Waals surface area contributed by atoms with Crippen LogP contribution in [0.15, 0.2) is 0 Å². The molecule has 0 fully saturated rings. The first-order chi connectivity index (χ1) is 8.35. The Balaban J connectivity index is 3.29. The second kappa shape index (κ2) is 12.9. The van der Waals surface area contributed by atoms with Crippen LogP contribution in [0.4, 0.5) is 0 Å². The normalized spacial score (nSPS) is 10.2. The van der Waals surface area contributed by atoms with Crippen LogP contribution in [-0.4, -0.2) is 38.6 Å². The van der Waals surface area contributed by atoms with Crippen LogP contribution in [0.1, 0.15) is 32.1 Å². The monoisotopic (exact) mass is 244 g/mol. The van der Waals surface area contributed by atoms with E-state index < -0.39 is 0 Å². The van der Waals surface area contributed by atoms with Crippen LogP contribution in [0, 0.1) is 0 Å². The molecular formula is C11H24N4O2. The Hall–Kier alpha value is -1.14. The second-order valence-electron chi connectivity index (χ2n) is 3.86. The molecule has 0 rings (SSSR count). The van der Waals surface area contributed by atoms with Gasteiger partial charge in [0.2, 0.25) is 12.8 Å². The predicted octanol–water partition coefficient (Wildman–Crippen LogP) is -0.697. The van der Waals surface area contributed by atoms with Crippen molar-refractivity contribution >= 4 is 12.8 Å². The fraction of sp³-hybridized carbons (Fsp3) is 0.818. The van der Waals surface area contributed by atoms with Crippen molar-refractivity contribution in [2.24, 2.45) is 5.73 Å². The van der Waals surface area contributed by atoms with E-state index in [2.05, 4.69) is 16.0 Å². The molecule has 0 aromatic carbocycles. The quantitative estimate of drug-likeness (QED) is 0.196. The molecular weight excluding hydrogens is 220 g/mol. The molecule has 100 valence electrons. The van der Waals surface area contributed by atoms with Crippen molar-refractivity contribution in [3.05, 3.63) is 0 Å². The van der Waals surface area contributed by atoms with Gasteiger partial charge in [-0.05, 0) is 38.9 Å². The molecule has 0 unspecified atom stereocenters. The summed E-state index contributed by atoms with van der Waals surface area (Å²) in [5.41, 5.74) is 5.39. The lowest BCUT2D eigenvalue weighted by Gasteiger charge is -2.14. The third kappa shape index (κ3) is 11.1. The number of rotatable bonds is 13. The van der Waals surface area contributed by atoms with Gasteiger partial charge in [-0.3, -0.25) is 9.59 Å². The zero-order valence-corrected chi connectivity index (χ0v) is 10.3. The Bertz CT molecular complexity index is 180. The summed E-state index contributed by atoms with van der Waals surface area (Å²) in [4.78, 5) is 20.5. The molecule has 0 radical (unpaired) electrons. The van der Waals surface area contributed by atoms with Gasteiger partial charge in [0.15, 0.2) is 0 Å². The predicted molar refractivity (Wildman–Crippen MR) is 67.2 cm³/mol. The highest BCUT2D eigenvalue weighted by molar-refractivity contribution is 5.50. The van der Waals surface area contributed by atoms with Gasteiger partial charge in [0.05, 0.1) is 0 Å². The minimum atomic E-state index is -0.283. The molecule has 0 saturated carbocycles. The van der Waals surface area contributed by atoms with E-state index in [1.54, 1.807) is 0 Å². The van der Waals surface area contributed by atoms with Crippen LogP contribution in [-0.2, 0) is 9.59 Å². The van der Waals surface area contributed by atoms with Gasteiger partial charge in [0, 0.05) is 0 Å². The largest absolute Gasteiger partial charge is 0.339 e. The van der Waals surface area contributed by atoms with Crippen molar-refractivity contribution < 1.29 is 9.59 Å². The van der Waals surface area contributed by atoms with E-state index in [1.807, 2.05) is 0 Å². The summed E-state index contributed by atoms with van der Waals surface area (Å²) in [5.74, 6) is 0. The van der Waals surface area contributed by atoms with Crippen molar-refractivity contribution in [2.75, 3.05) is 19.6 Å². The number of carbonyl (C=O) groups excluding carboxylic acids is 2. The Kier molecular flexibility index (Phi) is 12.1. The number of unbranched alkanes of at least 4 members (excludes halogenated alkanes) is 3. The SMILES string of the molecule is NCCCCCCNCCC(NC=O)NC=O. The second-order valence-corrected chi connectivity index (χ2v) is 3.86. The first-order valence-corrected chi connectivity index (χ1v) is 6.15. The lowest BCUT2D eigenvalue weighted by molar-refractivity contribution is -0.112. The first-order valence-electron chi connectivity index (χ1n) is 6.15. The average molecular weight is 244 g/mol. The molecule has 5 N–H and O–H groups in total. The number of hydrogen-bond acceptors (Lipinski definition) is 4. The smallest absolute Gasteiger partial charge is 0.208 e. The van der Waals surface area contributed by atoms with E-state index in [4.69, 9.17) is 5.73 Å². The summed E-state index contributed by atoms with van der Waals surface area (Å²) < 4.78 is 0. The van der Waals surface area contributed by atoms with E-state index in [0.29, 0.717) is 19.2 Å². The summed E-state index contributed by atoms with van der Waals surface area (Å²) in [6.45, 7) is 2.49. The van der Waals surface area contributed by atoms with E-state index in [9.17, 15) is 9.59 Å². The van der Waals surface area contributed by atoms with Gasteiger partial charge in [-0.1, -0.05) is 12.8 Å². The Morgan fingerprint density at radius 3 is 2.18 bits per heavy atom. The highest BCUT2D eigenvalue weighted by atomic mass is 16.1. The van der Waals surface area contributed by atoms with Crippen molar-refractivity contribution in [1.82, 2.24) is 16.0 Å². The summed E-state index contributed by atoms with van der Waals surface area (Å²) in [6, 6.07) is 0. The van der Waals surface area contributed by atoms with Crippen molar-refractivity contribution in [1.29, 1.82) is 0 Å². The zero-order valence-electron chi connectivity index (χ0n) is 10.3. The van der Waals surface area contributed by atoms with Gasteiger partial charge in [0.1, 0.15) is 6.17 Å². The molecule has 0 saturated heterocycles. The van der Waals surface area contributed by atoms with E-state index in [-0.39, 0.29) is 6.17 Å². The number of nitrogens with two attached hydrogens (primary N) is 1. The lowest BCUT2D eigenvalue weighted by atomic mass is 10.2. The molecule has 0 aliphatic heterocycles. The first kappa shape index (κ1) is 15.9. The lowest BCUT2D eigenvalue weighted by Crippen LogP contribution is -2.42. The van der Waals surface area contributed by atoms with Gasteiger partial charge in [-0.15, -0.1) is 0 Å². The van der Waals surface area contributed by atoms with Crippen LogP contribution >= 0.6 is 0 Å². The molecule has 0 bridgehead atoms. The van der Waals surface area contributed by atoms with E-state index >= 15 is 0 Å². The van der Waals surface area contributed by atoms with Crippen molar-refractivity contribution in [3.8, 4) is 0 Å². The molecule has 0 heterocycles. The number of hydrogen-bond donors (Lipinski definition) is 4. The fourth-order valence-electron chi connectivity index (χ4n) is 1.50. The summed E-state index contributed by atoms with van der Waals surface area (Å²) in [6.07, 6.45) is 6.17. The summed E-state index contributed by atoms with van der Waals surface area (Å²) >= 11 is 0. The molecule has 17 heavy (non-hydrogen) atoms. The molecule has 0 aromatic heterocycles. The van der Waals surface area contributed by atoms with Crippen molar-refractivity contribution in [2.45, 2.75) is 38.3 Å². The van der Waals surface area contributed by atoms with Crippen LogP contribution in [0.25, 0.3) is 0 Å². The van der Waals surface area contributed by atoms with Gasteiger partial charge < -0.3 is 21.7 Å². The molecule has 0 spiro atoms. The van der Waals surface area contributed by atoms with Gasteiger partial charge in [-0.2, -0.15) is 0 Å². The number of nitrogens with one attached hydrogen (secondary N) is 3. The van der Waals surface area contributed by atoms with Crippen molar-refractivity contribution in [3.63, 3.8) is 0 Å². The Morgan fingerprint density at radius 1 is 0.941 bits per heavy atom. The molecule has 0 aliphatic carbocycles. The molecule has 6 nitrogen and oxygen atoms in total. The summed E-state index contributed by atoms with van der Waals surface area (Å²) in [7, 11) is 0. The molecule has 6 heteroatoms. The zero-order chi connectivity index (χ0) is 12.8. The maximum absolute atomic E-state index is 10.2. The number of carbonyl (C=O) groups is 2. The fourth-order valence-corrected chi connectivity index (χ4v) is 1.50. The highest BCUT2D eigenvalue weighted by Gasteiger charge is 2.03. The maximum atomic E-state index is 10.2. The minimum Gasteiger partial charge on any atom is -0.339 e. The van der Waals surface area contributed by atoms with Crippen LogP contribution < -0.4 is 21.7 Å². The van der Waals surface area contributed by atoms with Crippen LogP contribution in [0.2, 0.25) is 0 Å². The third-order valence-corrected chi connectivity index (χ3v) is 2.46. The third-order valence-electron chi connectivity index (χ3n) is 2.46. The average Bonchev–Trinajstić information content (AvgIpc) is 2.33.